The number of carbonyl (C=O) groups is 1. The second-order valence-corrected chi connectivity index (χ2v) is 4.59. The molecule has 0 aromatic heterocycles. The summed E-state index contributed by atoms with van der Waals surface area (Å²) < 4.78 is 0. The van der Waals surface area contributed by atoms with Crippen molar-refractivity contribution >= 4 is 18.9 Å². The van der Waals surface area contributed by atoms with Crippen molar-refractivity contribution in [1.29, 1.82) is 0 Å². The highest BCUT2D eigenvalue weighted by Gasteiger charge is 2.19. The van der Waals surface area contributed by atoms with Crippen LogP contribution in [0.5, 0.6) is 0 Å². The second kappa shape index (κ2) is 4.17. The van der Waals surface area contributed by atoms with Gasteiger partial charge in [0.15, 0.2) is 0 Å². The van der Waals surface area contributed by atoms with Crippen LogP contribution in [0.1, 0.15) is 36.7 Å². The zero-order valence-corrected chi connectivity index (χ0v) is 9.19. The lowest BCUT2D eigenvalue weighted by atomic mass is 9.75. The minimum absolute atomic E-state index is 0.0588. The molecule has 80 valence electrons. The van der Waals surface area contributed by atoms with Gasteiger partial charge in [-0.1, -0.05) is 32.9 Å². The first-order chi connectivity index (χ1) is 6.86. The third-order valence-electron chi connectivity index (χ3n) is 2.36. The van der Waals surface area contributed by atoms with Crippen molar-refractivity contribution in [2.45, 2.75) is 26.2 Å². The highest BCUT2D eigenvalue weighted by Crippen LogP contribution is 2.21. The molecule has 0 saturated heterocycles. The van der Waals surface area contributed by atoms with Crippen molar-refractivity contribution < 1.29 is 14.8 Å². The Kier molecular flexibility index (Phi) is 3.32. The van der Waals surface area contributed by atoms with Crippen molar-refractivity contribution in [2.75, 3.05) is 0 Å². The van der Waals surface area contributed by atoms with Crippen molar-refractivity contribution in [3.8, 4) is 0 Å². The monoisotopic (exact) mass is 206 g/mol. The molecule has 0 fully saturated rings. The molecular formula is C11H15BO3. The first kappa shape index (κ1) is 11.9. The first-order valence-corrected chi connectivity index (χ1v) is 4.82. The normalized spacial score (nSPS) is 11.3. The summed E-state index contributed by atoms with van der Waals surface area (Å²) >= 11 is 0. The molecule has 4 heteroatoms. The first-order valence-electron chi connectivity index (χ1n) is 4.82. The molecule has 0 unspecified atom stereocenters. The third kappa shape index (κ3) is 2.67. The van der Waals surface area contributed by atoms with Crippen molar-refractivity contribution in [3.63, 3.8) is 0 Å². The van der Waals surface area contributed by atoms with Crippen LogP contribution >= 0.6 is 0 Å². The molecule has 0 radical (unpaired) electrons. The summed E-state index contributed by atoms with van der Waals surface area (Å²) in [5.74, 6) is 0. The summed E-state index contributed by atoms with van der Waals surface area (Å²) in [6.45, 7) is 6.10. The minimum atomic E-state index is -1.60. The van der Waals surface area contributed by atoms with Crippen LogP contribution in [-0.4, -0.2) is 23.5 Å². The molecule has 1 rings (SSSR count). The number of hydrogen-bond acceptors (Lipinski definition) is 3. The summed E-state index contributed by atoms with van der Waals surface area (Å²) in [6.07, 6.45) is 0.643. The Morgan fingerprint density at radius 3 is 2.27 bits per heavy atom. The number of benzene rings is 1. The van der Waals surface area contributed by atoms with E-state index in [0.29, 0.717) is 11.8 Å². The van der Waals surface area contributed by atoms with Gasteiger partial charge in [-0.25, -0.2) is 0 Å². The average molecular weight is 206 g/mol. The van der Waals surface area contributed by atoms with E-state index in [1.165, 1.54) is 0 Å². The zero-order valence-electron chi connectivity index (χ0n) is 9.19. The third-order valence-corrected chi connectivity index (χ3v) is 2.36. The second-order valence-electron chi connectivity index (χ2n) is 4.59. The number of carbonyl (C=O) groups excluding carboxylic acids is 1. The fourth-order valence-corrected chi connectivity index (χ4v) is 1.38. The van der Waals surface area contributed by atoms with E-state index < -0.39 is 7.12 Å². The summed E-state index contributed by atoms with van der Waals surface area (Å²) in [5, 5.41) is 18.1. The molecular weight excluding hydrogens is 191 g/mol. The van der Waals surface area contributed by atoms with Crippen molar-refractivity contribution in [3.05, 3.63) is 29.3 Å². The maximum Gasteiger partial charge on any atom is 0.489 e. The van der Waals surface area contributed by atoms with E-state index in [9.17, 15) is 4.79 Å². The molecule has 2 N–H and O–H groups in total. The predicted octanol–water partition coefficient (Wildman–Crippen LogP) is 0.476. The smallest absolute Gasteiger partial charge is 0.423 e. The van der Waals surface area contributed by atoms with E-state index in [4.69, 9.17) is 10.0 Å². The van der Waals surface area contributed by atoms with Crippen LogP contribution in [0, 0.1) is 0 Å². The van der Waals surface area contributed by atoms with Crippen molar-refractivity contribution in [2.24, 2.45) is 0 Å². The van der Waals surface area contributed by atoms with Crippen LogP contribution in [0.3, 0.4) is 0 Å². The van der Waals surface area contributed by atoms with Gasteiger partial charge in [0, 0.05) is 5.56 Å². The quantitative estimate of drug-likeness (QED) is 0.546. The van der Waals surface area contributed by atoms with Crippen molar-refractivity contribution in [1.82, 2.24) is 0 Å². The number of rotatable bonds is 2. The zero-order chi connectivity index (χ0) is 11.6. The molecule has 0 aliphatic carbocycles. The molecule has 15 heavy (non-hydrogen) atoms. The van der Waals surface area contributed by atoms with E-state index in [-0.39, 0.29) is 10.9 Å². The molecule has 1 aromatic carbocycles. The van der Waals surface area contributed by atoms with Crippen LogP contribution in [0.2, 0.25) is 0 Å². The van der Waals surface area contributed by atoms with Gasteiger partial charge in [-0.3, -0.25) is 4.79 Å². The van der Waals surface area contributed by atoms with Gasteiger partial charge in [-0.05, 0) is 22.5 Å². The highest BCUT2D eigenvalue weighted by molar-refractivity contribution is 6.60. The molecule has 0 atom stereocenters. The van der Waals surface area contributed by atoms with Crippen LogP contribution in [0.4, 0.5) is 0 Å². The van der Waals surface area contributed by atoms with Crippen LogP contribution in [0.15, 0.2) is 18.2 Å². The standard InChI is InChI=1S/C11H15BO3/c1-11(2,3)9-4-5-10(12(14)15)8(6-9)7-13/h4-7,14-15H,1-3H3. The van der Waals surface area contributed by atoms with Crippen LogP contribution in [-0.2, 0) is 5.41 Å². The topological polar surface area (TPSA) is 57.5 Å². The molecule has 0 aliphatic heterocycles. The Labute approximate surface area is 89.9 Å². The van der Waals surface area contributed by atoms with E-state index >= 15 is 0 Å². The molecule has 3 nitrogen and oxygen atoms in total. The van der Waals surface area contributed by atoms with Crippen LogP contribution < -0.4 is 5.46 Å². The minimum Gasteiger partial charge on any atom is -0.423 e. The lowest BCUT2D eigenvalue weighted by molar-refractivity contribution is 0.112. The Bertz CT molecular complexity index is 367. The average Bonchev–Trinajstić information content (AvgIpc) is 2.15. The maximum atomic E-state index is 10.8. The highest BCUT2D eigenvalue weighted by atomic mass is 16.4. The largest absolute Gasteiger partial charge is 0.489 e. The SMILES string of the molecule is CC(C)(C)c1ccc(B(O)O)c(C=O)c1. The molecule has 0 saturated carbocycles. The van der Waals surface area contributed by atoms with E-state index in [1.807, 2.05) is 26.8 Å². The Hall–Kier alpha value is -1.13. The maximum absolute atomic E-state index is 10.8. The summed E-state index contributed by atoms with van der Waals surface area (Å²) in [6, 6.07) is 5.08. The van der Waals surface area contributed by atoms with E-state index in [0.717, 1.165) is 5.56 Å². The van der Waals surface area contributed by atoms with Gasteiger partial charge < -0.3 is 10.0 Å². The van der Waals surface area contributed by atoms with Gasteiger partial charge >= 0.3 is 7.12 Å². The van der Waals surface area contributed by atoms with Gasteiger partial charge in [0.25, 0.3) is 0 Å². The predicted molar refractivity (Wildman–Crippen MR) is 60.4 cm³/mol. The van der Waals surface area contributed by atoms with Gasteiger partial charge in [0.2, 0.25) is 0 Å². The van der Waals surface area contributed by atoms with E-state index in [1.54, 1.807) is 12.1 Å². The fraction of sp³-hybridized carbons (Fsp3) is 0.364. The van der Waals surface area contributed by atoms with E-state index in [2.05, 4.69) is 0 Å². The lowest BCUT2D eigenvalue weighted by Crippen LogP contribution is -2.33. The molecule has 0 spiro atoms. The Morgan fingerprint density at radius 2 is 1.87 bits per heavy atom. The number of aldehydes is 1. The van der Waals surface area contributed by atoms with Gasteiger partial charge in [0.1, 0.15) is 6.29 Å². The van der Waals surface area contributed by atoms with Gasteiger partial charge in [0.05, 0.1) is 0 Å². The Balaban J connectivity index is 3.25. The van der Waals surface area contributed by atoms with Crippen LogP contribution in [0.25, 0.3) is 0 Å². The van der Waals surface area contributed by atoms with Gasteiger partial charge in [-0.15, -0.1) is 0 Å². The molecule has 0 amide bonds. The summed E-state index contributed by atoms with van der Waals surface area (Å²) in [5.41, 5.74) is 1.51. The lowest BCUT2D eigenvalue weighted by Gasteiger charge is -2.20. The van der Waals surface area contributed by atoms with Gasteiger partial charge in [-0.2, -0.15) is 0 Å². The fourth-order valence-electron chi connectivity index (χ4n) is 1.38. The Morgan fingerprint density at radius 1 is 1.27 bits per heavy atom. The molecule has 0 bridgehead atoms. The molecule has 0 heterocycles. The molecule has 0 aliphatic rings. The summed E-state index contributed by atoms with van der Waals surface area (Å²) in [7, 11) is -1.60. The molecule has 1 aromatic rings. The number of hydrogen-bond donors (Lipinski definition) is 2. The summed E-state index contributed by atoms with van der Waals surface area (Å²) in [4.78, 5) is 10.8.